The van der Waals surface area contributed by atoms with Gasteiger partial charge in [-0.15, -0.1) is 0 Å². The average Bonchev–Trinajstić information content (AvgIpc) is 2.37. The molecule has 1 aliphatic rings. The molecular formula is C17H28N2O. The zero-order valence-electron chi connectivity index (χ0n) is 13.4. The number of para-hydroxylation sites is 2. The molecule has 3 unspecified atom stereocenters. The highest BCUT2D eigenvalue weighted by Gasteiger charge is 2.29. The Bertz CT molecular complexity index is 433. The molecule has 1 aliphatic heterocycles. The van der Waals surface area contributed by atoms with Crippen molar-refractivity contribution >= 4 is 5.69 Å². The van der Waals surface area contributed by atoms with Crippen molar-refractivity contribution in [2.45, 2.75) is 52.3 Å². The van der Waals surface area contributed by atoms with Crippen LogP contribution in [0.25, 0.3) is 0 Å². The fourth-order valence-corrected chi connectivity index (χ4v) is 2.88. The SMILES string of the molecule is CC(C)Oc1ccccc1NC1CC(C)N(C)CC1C. The van der Waals surface area contributed by atoms with Crippen LogP contribution in [0, 0.1) is 5.92 Å². The van der Waals surface area contributed by atoms with Crippen LogP contribution in [-0.2, 0) is 0 Å². The van der Waals surface area contributed by atoms with Gasteiger partial charge in [-0.05, 0) is 52.3 Å². The number of nitrogens with one attached hydrogen (secondary N) is 1. The normalized spacial score (nSPS) is 27.6. The van der Waals surface area contributed by atoms with Gasteiger partial charge in [0.1, 0.15) is 5.75 Å². The van der Waals surface area contributed by atoms with Crippen LogP contribution in [0.5, 0.6) is 5.75 Å². The molecule has 2 rings (SSSR count). The van der Waals surface area contributed by atoms with Gasteiger partial charge in [0.25, 0.3) is 0 Å². The van der Waals surface area contributed by atoms with E-state index in [9.17, 15) is 0 Å². The second kappa shape index (κ2) is 6.49. The number of hydrogen-bond donors (Lipinski definition) is 1. The van der Waals surface area contributed by atoms with Crippen molar-refractivity contribution in [3.05, 3.63) is 24.3 Å². The third-order valence-electron chi connectivity index (χ3n) is 4.20. The first-order chi connectivity index (χ1) is 9.47. The van der Waals surface area contributed by atoms with Gasteiger partial charge in [-0.25, -0.2) is 0 Å². The van der Waals surface area contributed by atoms with Crippen LogP contribution in [0.4, 0.5) is 5.69 Å². The minimum atomic E-state index is 0.201. The second-order valence-corrected chi connectivity index (χ2v) is 6.42. The number of likely N-dealkylation sites (tertiary alicyclic amines) is 1. The predicted octanol–water partition coefficient (Wildman–Crippen LogP) is 3.61. The molecule has 3 heteroatoms. The Kier molecular flexibility index (Phi) is 4.92. The van der Waals surface area contributed by atoms with E-state index in [1.54, 1.807) is 0 Å². The number of ether oxygens (including phenoxy) is 1. The highest BCUT2D eigenvalue weighted by Crippen LogP contribution is 2.30. The highest BCUT2D eigenvalue weighted by atomic mass is 16.5. The lowest BCUT2D eigenvalue weighted by molar-refractivity contribution is 0.145. The maximum atomic E-state index is 5.90. The minimum Gasteiger partial charge on any atom is -0.489 e. The van der Waals surface area contributed by atoms with Gasteiger partial charge in [0.05, 0.1) is 11.8 Å². The summed E-state index contributed by atoms with van der Waals surface area (Å²) in [6, 6.07) is 9.40. The molecule has 0 radical (unpaired) electrons. The van der Waals surface area contributed by atoms with Gasteiger partial charge in [-0.1, -0.05) is 19.1 Å². The zero-order valence-corrected chi connectivity index (χ0v) is 13.4. The van der Waals surface area contributed by atoms with Gasteiger partial charge in [-0.3, -0.25) is 0 Å². The van der Waals surface area contributed by atoms with E-state index < -0.39 is 0 Å². The number of rotatable bonds is 4. The molecular weight excluding hydrogens is 248 g/mol. The smallest absolute Gasteiger partial charge is 0.142 e. The highest BCUT2D eigenvalue weighted by molar-refractivity contribution is 5.57. The van der Waals surface area contributed by atoms with E-state index in [1.165, 1.54) is 6.42 Å². The topological polar surface area (TPSA) is 24.5 Å². The van der Waals surface area contributed by atoms with Crippen molar-refractivity contribution in [2.24, 2.45) is 5.92 Å². The molecule has 1 saturated heterocycles. The van der Waals surface area contributed by atoms with E-state index in [2.05, 4.69) is 57.1 Å². The maximum Gasteiger partial charge on any atom is 0.142 e. The summed E-state index contributed by atoms with van der Waals surface area (Å²) in [4.78, 5) is 2.44. The predicted molar refractivity (Wildman–Crippen MR) is 85.5 cm³/mol. The number of hydrogen-bond acceptors (Lipinski definition) is 3. The van der Waals surface area contributed by atoms with Crippen LogP contribution in [0.1, 0.15) is 34.1 Å². The summed E-state index contributed by atoms with van der Waals surface area (Å²) in [6.07, 6.45) is 1.38. The van der Waals surface area contributed by atoms with E-state index in [0.717, 1.165) is 18.0 Å². The first-order valence-electron chi connectivity index (χ1n) is 7.69. The van der Waals surface area contributed by atoms with Crippen LogP contribution in [-0.4, -0.2) is 36.7 Å². The van der Waals surface area contributed by atoms with E-state index in [0.29, 0.717) is 18.0 Å². The fraction of sp³-hybridized carbons (Fsp3) is 0.647. The van der Waals surface area contributed by atoms with Crippen LogP contribution >= 0.6 is 0 Å². The average molecular weight is 276 g/mol. The van der Waals surface area contributed by atoms with Crippen LogP contribution in [0.3, 0.4) is 0 Å². The summed E-state index contributed by atoms with van der Waals surface area (Å²) in [5.41, 5.74) is 1.12. The molecule has 1 N–H and O–H groups in total. The van der Waals surface area contributed by atoms with E-state index >= 15 is 0 Å². The molecule has 1 heterocycles. The van der Waals surface area contributed by atoms with E-state index in [1.807, 2.05) is 12.1 Å². The van der Waals surface area contributed by atoms with Crippen LogP contribution in [0.15, 0.2) is 24.3 Å². The largest absolute Gasteiger partial charge is 0.489 e. The molecule has 20 heavy (non-hydrogen) atoms. The number of benzene rings is 1. The minimum absolute atomic E-state index is 0.201. The Morgan fingerprint density at radius 3 is 2.65 bits per heavy atom. The van der Waals surface area contributed by atoms with Gasteiger partial charge < -0.3 is 15.0 Å². The third kappa shape index (κ3) is 3.66. The first-order valence-corrected chi connectivity index (χ1v) is 7.69. The summed E-state index contributed by atoms with van der Waals surface area (Å²) in [6.45, 7) is 9.91. The Hall–Kier alpha value is -1.22. The lowest BCUT2D eigenvalue weighted by atomic mass is 9.89. The third-order valence-corrected chi connectivity index (χ3v) is 4.20. The molecule has 1 aromatic rings. The molecule has 1 aromatic carbocycles. The van der Waals surface area contributed by atoms with Crippen molar-refractivity contribution in [2.75, 3.05) is 18.9 Å². The van der Waals surface area contributed by atoms with Crippen molar-refractivity contribution in [3.63, 3.8) is 0 Å². The molecule has 3 atom stereocenters. The molecule has 0 aliphatic carbocycles. The van der Waals surface area contributed by atoms with Crippen molar-refractivity contribution in [1.82, 2.24) is 4.90 Å². The monoisotopic (exact) mass is 276 g/mol. The van der Waals surface area contributed by atoms with Gasteiger partial charge >= 0.3 is 0 Å². The summed E-state index contributed by atoms with van der Waals surface area (Å²) < 4.78 is 5.90. The quantitative estimate of drug-likeness (QED) is 0.909. The van der Waals surface area contributed by atoms with Crippen molar-refractivity contribution < 1.29 is 4.74 Å². The molecule has 3 nitrogen and oxygen atoms in total. The van der Waals surface area contributed by atoms with Crippen molar-refractivity contribution in [1.29, 1.82) is 0 Å². The Balaban J connectivity index is 2.09. The summed E-state index contributed by atoms with van der Waals surface area (Å²) >= 11 is 0. The Morgan fingerprint density at radius 1 is 1.25 bits per heavy atom. The number of piperidine rings is 1. The lowest BCUT2D eigenvalue weighted by Gasteiger charge is -2.40. The van der Waals surface area contributed by atoms with E-state index in [4.69, 9.17) is 4.74 Å². The van der Waals surface area contributed by atoms with Crippen LogP contribution < -0.4 is 10.1 Å². The molecule has 0 aromatic heterocycles. The second-order valence-electron chi connectivity index (χ2n) is 6.42. The molecule has 0 amide bonds. The van der Waals surface area contributed by atoms with Gasteiger partial charge in [0.2, 0.25) is 0 Å². The standard InChI is InChI=1S/C17H28N2O/c1-12(2)20-17-9-7-6-8-15(17)18-16-10-14(4)19(5)11-13(16)3/h6-9,12-14,16,18H,10-11H2,1-5H3. The fourth-order valence-electron chi connectivity index (χ4n) is 2.88. The first kappa shape index (κ1) is 15.2. The van der Waals surface area contributed by atoms with E-state index in [-0.39, 0.29) is 6.10 Å². The zero-order chi connectivity index (χ0) is 14.7. The summed E-state index contributed by atoms with van der Waals surface area (Å²) in [5.74, 6) is 1.60. The Morgan fingerprint density at radius 2 is 1.95 bits per heavy atom. The molecule has 0 bridgehead atoms. The Labute approximate surface area is 123 Å². The number of anilines is 1. The lowest BCUT2D eigenvalue weighted by Crippen LogP contribution is -2.48. The number of nitrogens with zero attached hydrogens (tertiary/aromatic N) is 1. The summed E-state index contributed by atoms with van der Waals surface area (Å²) in [7, 11) is 2.22. The van der Waals surface area contributed by atoms with Gasteiger partial charge in [0, 0.05) is 18.6 Å². The molecule has 1 fully saturated rings. The summed E-state index contributed by atoms with van der Waals surface area (Å²) in [5, 5.41) is 3.70. The molecule has 0 spiro atoms. The van der Waals surface area contributed by atoms with Crippen molar-refractivity contribution in [3.8, 4) is 5.75 Å². The van der Waals surface area contributed by atoms with Gasteiger partial charge in [-0.2, -0.15) is 0 Å². The molecule has 0 saturated carbocycles. The molecule has 112 valence electrons. The van der Waals surface area contributed by atoms with Crippen LogP contribution in [0.2, 0.25) is 0 Å². The maximum absolute atomic E-state index is 5.90. The van der Waals surface area contributed by atoms with Gasteiger partial charge in [0.15, 0.2) is 0 Å².